The van der Waals surface area contributed by atoms with Gasteiger partial charge in [0.25, 0.3) is 0 Å². The standard InChI is InChI=1S/C9H17N3O2S/c1-9(2,3)7-11-8(15-12-7)10-4-6(14)5-13/h6,13-14H,4-5H2,1-3H3,(H,10,11,12)/t6-/m0/s1. The van der Waals surface area contributed by atoms with Crippen molar-refractivity contribution in [3.05, 3.63) is 5.82 Å². The maximum absolute atomic E-state index is 9.13. The molecule has 0 saturated carbocycles. The van der Waals surface area contributed by atoms with E-state index < -0.39 is 6.10 Å². The van der Waals surface area contributed by atoms with Gasteiger partial charge < -0.3 is 15.5 Å². The van der Waals surface area contributed by atoms with Gasteiger partial charge in [0.05, 0.1) is 12.7 Å². The number of aromatic nitrogens is 2. The minimum Gasteiger partial charge on any atom is -0.394 e. The smallest absolute Gasteiger partial charge is 0.202 e. The van der Waals surface area contributed by atoms with Crippen LogP contribution in [0.2, 0.25) is 0 Å². The van der Waals surface area contributed by atoms with Gasteiger partial charge in [-0.1, -0.05) is 20.8 Å². The summed E-state index contributed by atoms with van der Waals surface area (Å²) in [4.78, 5) is 4.29. The Morgan fingerprint density at radius 3 is 2.60 bits per heavy atom. The summed E-state index contributed by atoms with van der Waals surface area (Å²) in [6.07, 6.45) is -0.757. The molecule has 0 fully saturated rings. The highest BCUT2D eigenvalue weighted by molar-refractivity contribution is 7.09. The van der Waals surface area contributed by atoms with Crippen molar-refractivity contribution in [1.82, 2.24) is 9.36 Å². The van der Waals surface area contributed by atoms with Gasteiger partial charge in [0.15, 0.2) is 0 Å². The monoisotopic (exact) mass is 231 g/mol. The molecule has 0 aliphatic carbocycles. The van der Waals surface area contributed by atoms with Gasteiger partial charge in [0.2, 0.25) is 5.13 Å². The minimum absolute atomic E-state index is 0.0635. The van der Waals surface area contributed by atoms with Crippen molar-refractivity contribution < 1.29 is 10.2 Å². The van der Waals surface area contributed by atoms with E-state index in [1.807, 2.05) is 20.8 Å². The Morgan fingerprint density at radius 1 is 1.47 bits per heavy atom. The largest absolute Gasteiger partial charge is 0.394 e. The van der Waals surface area contributed by atoms with Gasteiger partial charge in [0, 0.05) is 23.5 Å². The van der Waals surface area contributed by atoms with Crippen LogP contribution in [-0.2, 0) is 5.41 Å². The quantitative estimate of drug-likeness (QED) is 0.707. The third kappa shape index (κ3) is 3.73. The van der Waals surface area contributed by atoms with E-state index in [1.54, 1.807) is 0 Å². The van der Waals surface area contributed by atoms with E-state index in [-0.39, 0.29) is 18.6 Å². The predicted molar refractivity (Wildman–Crippen MR) is 60.2 cm³/mol. The highest BCUT2D eigenvalue weighted by atomic mass is 32.1. The zero-order valence-corrected chi connectivity index (χ0v) is 10.0. The molecular weight excluding hydrogens is 214 g/mol. The predicted octanol–water partition coefficient (Wildman–Crippen LogP) is 0.601. The lowest BCUT2D eigenvalue weighted by atomic mass is 9.96. The second-order valence-corrected chi connectivity index (χ2v) is 5.14. The van der Waals surface area contributed by atoms with Crippen molar-refractivity contribution in [1.29, 1.82) is 0 Å². The van der Waals surface area contributed by atoms with E-state index >= 15 is 0 Å². The molecule has 1 aromatic heterocycles. The second-order valence-electron chi connectivity index (χ2n) is 4.39. The summed E-state index contributed by atoms with van der Waals surface area (Å²) in [6, 6.07) is 0. The van der Waals surface area contributed by atoms with Crippen molar-refractivity contribution in [2.45, 2.75) is 32.3 Å². The number of hydrogen-bond donors (Lipinski definition) is 3. The van der Waals surface area contributed by atoms with E-state index in [9.17, 15) is 0 Å². The fraction of sp³-hybridized carbons (Fsp3) is 0.778. The summed E-state index contributed by atoms with van der Waals surface area (Å²) in [5, 5.41) is 21.4. The van der Waals surface area contributed by atoms with Crippen LogP contribution >= 0.6 is 11.5 Å². The molecular formula is C9H17N3O2S. The molecule has 3 N–H and O–H groups in total. The number of anilines is 1. The Balaban J connectivity index is 2.54. The van der Waals surface area contributed by atoms with Gasteiger partial charge in [-0.2, -0.15) is 4.37 Å². The van der Waals surface area contributed by atoms with Crippen molar-refractivity contribution in [2.24, 2.45) is 0 Å². The van der Waals surface area contributed by atoms with Crippen LogP contribution in [0.4, 0.5) is 5.13 Å². The van der Waals surface area contributed by atoms with E-state index in [4.69, 9.17) is 10.2 Å². The SMILES string of the molecule is CC(C)(C)c1nsc(NC[C@H](O)CO)n1. The first kappa shape index (κ1) is 12.4. The van der Waals surface area contributed by atoms with Crippen molar-refractivity contribution >= 4 is 16.7 Å². The van der Waals surface area contributed by atoms with E-state index in [2.05, 4.69) is 14.7 Å². The van der Waals surface area contributed by atoms with Gasteiger partial charge in [-0.05, 0) is 0 Å². The van der Waals surface area contributed by atoms with Crippen molar-refractivity contribution in [2.75, 3.05) is 18.5 Å². The first-order valence-corrected chi connectivity index (χ1v) is 5.58. The van der Waals surface area contributed by atoms with E-state index in [1.165, 1.54) is 11.5 Å². The van der Waals surface area contributed by atoms with Gasteiger partial charge in [0.1, 0.15) is 5.82 Å². The third-order valence-corrected chi connectivity index (χ3v) is 2.47. The Hall–Kier alpha value is -0.720. The molecule has 0 bridgehead atoms. The summed E-state index contributed by atoms with van der Waals surface area (Å²) in [5.41, 5.74) is -0.0635. The Bertz CT molecular complexity index is 309. The third-order valence-electron chi connectivity index (χ3n) is 1.80. The zero-order valence-electron chi connectivity index (χ0n) is 9.19. The van der Waals surface area contributed by atoms with Crippen LogP contribution in [0.3, 0.4) is 0 Å². The highest BCUT2D eigenvalue weighted by Crippen LogP contribution is 2.22. The maximum atomic E-state index is 9.13. The molecule has 0 aromatic carbocycles. The molecule has 86 valence electrons. The van der Waals surface area contributed by atoms with Crippen LogP contribution in [-0.4, -0.2) is 38.8 Å². The lowest BCUT2D eigenvalue weighted by Crippen LogP contribution is -2.23. The van der Waals surface area contributed by atoms with Gasteiger partial charge in [-0.25, -0.2) is 4.98 Å². The molecule has 1 rings (SSSR count). The average molecular weight is 231 g/mol. The Labute approximate surface area is 93.3 Å². The molecule has 1 aromatic rings. The lowest BCUT2D eigenvalue weighted by molar-refractivity contribution is 0.105. The molecule has 0 saturated heterocycles. The lowest BCUT2D eigenvalue weighted by Gasteiger charge is -2.12. The van der Waals surface area contributed by atoms with Crippen LogP contribution in [0.5, 0.6) is 0 Å². The molecule has 0 radical (unpaired) electrons. The zero-order chi connectivity index (χ0) is 11.5. The molecule has 1 atom stereocenters. The Kier molecular flexibility index (Phi) is 4.01. The summed E-state index contributed by atoms with van der Waals surface area (Å²) >= 11 is 1.26. The highest BCUT2D eigenvalue weighted by Gasteiger charge is 2.19. The molecule has 1 heterocycles. The second kappa shape index (κ2) is 4.87. The first-order chi connectivity index (χ1) is 6.93. The fourth-order valence-electron chi connectivity index (χ4n) is 0.870. The van der Waals surface area contributed by atoms with Gasteiger partial charge >= 0.3 is 0 Å². The fourth-order valence-corrected chi connectivity index (χ4v) is 1.63. The molecule has 0 aliphatic heterocycles. The summed E-state index contributed by atoms with van der Waals surface area (Å²) in [6.45, 7) is 6.16. The number of nitrogens with one attached hydrogen (secondary N) is 1. The summed E-state index contributed by atoms with van der Waals surface area (Å²) in [7, 11) is 0. The average Bonchev–Trinajstić information content (AvgIpc) is 2.61. The van der Waals surface area contributed by atoms with Crippen molar-refractivity contribution in [3.8, 4) is 0 Å². The van der Waals surface area contributed by atoms with Crippen LogP contribution in [0.25, 0.3) is 0 Å². The Morgan fingerprint density at radius 2 is 2.13 bits per heavy atom. The molecule has 0 unspecified atom stereocenters. The van der Waals surface area contributed by atoms with Gasteiger partial charge in [-0.3, -0.25) is 0 Å². The molecule has 15 heavy (non-hydrogen) atoms. The minimum atomic E-state index is -0.757. The van der Waals surface area contributed by atoms with Crippen LogP contribution in [0, 0.1) is 0 Å². The molecule has 6 heteroatoms. The van der Waals surface area contributed by atoms with Crippen LogP contribution in [0.15, 0.2) is 0 Å². The van der Waals surface area contributed by atoms with Crippen LogP contribution < -0.4 is 5.32 Å². The summed E-state index contributed by atoms with van der Waals surface area (Å²) in [5.74, 6) is 0.786. The summed E-state index contributed by atoms with van der Waals surface area (Å²) < 4.78 is 4.22. The number of hydrogen-bond acceptors (Lipinski definition) is 6. The number of rotatable bonds is 4. The van der Waals surface area contributed by atoms with E-state index in [0.29, 0.717) is 5.13 Å². The molecule has 5 nitrogen and oxygen atoms in total. The maximum Gasteiger partial charge on any atom is 0.202 e. The van der Waals surface area contributed by atoms with Gasteiger partial charge in [-0.15, -0.1) is 0 Å². The normalized spacial score (nSPS) is 13.9. The van der Waals surface area contributed by atoms with E-state index in [0.717, 1.165) is 5.82 Å². The van der Waals surface area contributed by atoms with Crippen LogP contribution in [0.1, 0.15) is 26.6 Å². The number of nitrogens with zero attached hydrogens (tertiary/aromatic N) is 2. The van der Waals surface area contributed by atoms with Crippen molar-refractivity contribution in [3.63, 3.8) is 0 Å². The molecule has 0 aliphatic rings. The topological polar surface area (TPSA) is 78.3 Å². The molecule has 0 spiro atoms. The number of aliphatic hydroxyl groups excluding tert-OH is 2. The number of aliphatic hydroxyl groups is 2. The molecule has 0 amide bonds. The first-order valence-electron chi connectivity index (χ1n) is 4.80.